The van der Waals surface area contributed by atoms with Crippen molar-refractivity contribution < 1.29 is 14.6 Å². The highest BCUT2D eigenvalue weighted by Gasteiger charge is 2.18. The Hall–Kier alpha value is -0.990. The summed E-state index contributed by atoms with van der Waals surface area (Å²) >= 11 is 0. The molecule has 0 heterocycles. The van der Waals surface area contributed by atoms with Crippen LogP contribution in [0.3, 0.4) is 0 Å². The van der Waals surface area contributed by atoms with Crippen LogP contribution in [-0.2, 0) is 14.6 Å². The van der Waals surface area contributed by atoms with E-state index >= 15 is 0 Å². The summed E-state index contributed by atoms with van der Waals surface area (Å²) in [4.78, 5) is 21.1. The second-order valence-electron chi connectivity index (χ2n) is 4.26. The molecule has 0 spiro atoms. The molecule has 0 N–H and O–H groups in total. The van der Waals surface area contributed by atoms with Crippen LogP contribution < -0.4 is 0 Å². The van der Waals surface area contributed by atoms with Gasteiger partial charge in [0.1, 0.15) is 6.26 Å². The molecule has 3 heteroatoms. The van der Waals surface area contributed by atoms with Crippen LogP contribution in [0, 0.1) is 5.92 Å². The van der Waals surface area contributed by atoms with Crippen molar-refractivity contribution in [2.75, 3.05) is 0 Å². The molecule has 0 saturated heterocycles. The van der Waals surface area contributed by atoms with E-state index in [4.69, 9.17) is 9.78 Å². The van der Waals surface area contributed by atoms with Crippen LogP contribution >= 0.6 is 0 Å². The first kappa shape index (κ1) is 16.0. The van der Waals surface area contributed by atoms with E-state index in [1.54, 1.807) is 0 Å². The highest BCUT2D eigenvalue weighted by Crippen LogP contribution is 2.14. The molecule has 0 bridgehead atoms. The van der Waals surface area contributed by atoms with Gasteiger partial charge in [0, 0.05) is 0 Å². The summed E-state index contributed by atoms with van der Waals surface area (Å²) in [5, 5.41) is 0. The number of hydrogen-bond donors (Lipinski definition) is 0. The highest BCUT2D eigenvalue weighted by molar-refractivity contribution is 5.71. The summed E-state index contributed by atoms with van der Waals surface area (Å²) < 4.78 is 0. The maximum Gasteiger partial charge on any atom is 0.358 e. The lowest BCUT2D eigenvalue weighted by molar-refractivity contribution is -0.243. The largest absolute Gasteiger partial charge is 0.358 e. The van der Waals surface area contributed by atoms with E-state index < -0.39 is 0 Å². The predicted octanol–water partition coefficient (Wildman–Crippen LogP) is 4.38. The van der Waals surface area contributed by atoms with Crippen molar-refractivity contribution in [1.82, 2.24) is 0 Å². The molecule has 0 aromatic rings. The maximum atomic E-state index is 11.6. The Morgan fingerprint density at radius 3 is 2.47 bits per heavy atom. The normalized spacial score (nSPS) is 12.6. The van der Waals surface area contributed by atoms with E-state index in [1.165, 1.54) is 6.26 Å². The number of unbranched alkanes of at least 4 members (excludes halogenated alkanes) is 3. The molecule has 0 aliphatic heterocycles. The molecule has 0 radical (unpaired) electrons. The number of allylic oxidation sites excluding steroid dienone is 1. The Morgan fingerprint density at radius 2 is 1.88 bits per heavy atom. The van der Waals surface area contributed by atoms with Crippen molar-refractivity contribution >= 4 is 5.97 Å². The molecule has 17 heavy (non-hydrogen) atoms. The predicted molar refractivity (Wildman–Crippen MR) is 69.1 cm³/mol. The van der Waals surface area contributed by atoms with Gasteiger partial charge in [-0.15, -0.1) is 0 Å². The average molecular weight is 242 g/mol. The van der Waals surface area contributed by atoms with Gasteiger partial charge >= 0.3 is 5.97 Å². The fourth-order valence-electron chi connectivity index (χ4n) is 1.51. The number of carbonyl (C=O) groups excluding carboxylic acids is 1. The molecule has 1 unspecified atom stereocenters. The van der Waals surface area contributed by atoms with Crippen LogP contribution in [0.25, 0.3) is 0 Å². The van der Waals surface area contributed by atoms with E-state index in [0.29, 0.717) is 0 Å². The first-order valence-corrected chi connectivity index (χ1v) is 6.78. The quantitative estimate of drug-likeness (QED) is 0.247. The average Bonchev–Trinajstić information content (AvgIpc) is 2.34. The Labute approximate surface area is 105 Å². The summed E-state index contributed by atoms with van der Waals surface area (Å²) in [6.45, 7) is 6.25. The molecule has 0 fully saturated rings. The second kappa shape index (κ2) is 11.5. The molecule has 0 aromatic carbocycles. The topological polar surface area (TPSA) is 35.5 Å². The van der Waals surface area contributed by atoms with E-state index in [9.17, 15) is 4.79 Å². The molecular formula is C14H26O3. The van der Waals surface area contributed by atoms with Crippen LogP contribution in [0.4, 0.5) is 0 Å². The molecule has 100 valence electrons. The van der Waals surface area contributed by atoms with Gasteiger partial charge in [-0.3, -0.25) is 9.78 Å². The maximum absolute atomic E-state index is 11.6. The van der Waals surface area contributed by atoms with Crippen molar-refractivity contribution in [1.29, 1.82) is 0 Å². The first-order chi connectivity index (χ1) is 8.26. The molecule has 3 nitrogen and oxygen atoms in total. The van der Waals surface area contributed by atoms with Gasteiger partial charge in [-0.05, 0) is 31.8 Å². The second-order valence-corrected chi connectivity index (χ2v) is 4.26. The zero-order valence-electron chi connectivity index (χ0n) is 11.4. The Bertz CT molecular complexity index is 212. The van der Waals surface area contributed by atoms with Crippen LogP contribution in [0.2, 0.25) is 0 Å². The van der Waals surface area contributed by atoms with Crippen LogP contribution in [-0.4, -0.2) is 5.97 Å². The number of hydrogen-bond acceptors (Lipinski definition) is 3. The minimum absolute atomic E-state index is 0.0287. The van der Waals surface area contributed by atoms with Gasteiger partial charge in [0.2, 0.25) is 0 Å². The zero-order chi connectivity index (χ0) is 12.9. The summed E-state index contributed by atoms with van der Waals surface area (Å²) in [7, 11) is 0. The monoisotopic (exact) mass is 242 g/mol. The highest BCUT2D eigenvalue weighted by atomic mass is 17.2. The van der Waals surface area contributed by atoms with Crippen molar-refractivity contribution in [2.45, 2.75) is 65.7 Å². The van der Waals surface area contributed by atoms with E-state index in [0.717, 1.165) is 44.9 Å². The zero-order valence-corrected chi connectivity index (χ0v) is 11.4. The van der Waals surface area contributed by atoms with Crippen molar-refractivity contribution in [3.05, 3.63) is 12.3 Å². The molecular weight excluding hydrogens is 216 g/mol. The molecule has 0 aromatic heterocycles. The summed E-state index contributed by atoms with van der Waals surface area (Å²) in [5.74, 6) is -0.278. The third-order valence-electron chi connectivity index (χ3n) is 2.74. The Morgan fingerprint density at radius 1 is 1.18 bits per heavy atom. The van der Waals surface area contributed by atoms with Crippen LogP contribution in [0.1, 0.15) is 65.7 Å². The van der Waals surface area contributed by atoms with Crippen LogP contribution in [0.5, 0.6) is 0 Å². The molecule has 0 amide bonds. The van der Waals surface area contributed by atoms with Crippen molar-refractivity contribution in [3.63, 3.8) is 0 Å². The Balaban J connectivity index is 3.70. The molecule has 0 saturated carbocycles. The van der Waals surface area contributed by atoms with Gasteiger partial charge in [-0.25, -0.2) is 4.79 Å². The summed E-state index contributed by atoms with van der Waals surface area (Å²) in [5.41, 5.74) is 0. The van der Waals surface area contributed by atoms with Gasteiger partial charge < -0.3 is 0 Å². The van der Waals surface area contributed by atoms with Gasteiger partial charge in [-0.2, -0.15) is 0 Å². The fraction of sp³-hybridized carbons (Fsp3) is 0.786. The lowest BCUT2D eigenvalue weighted by atomic mass is 10.00. The summed E-state index contributed by atoms with van der Waals surface area (Å²) in [6, 6.07) is 0. The fourth-order valence-corrected chi connectivity index (χ4v) is 1.51. The molecule has 0 rings (SSSR count). The smallest absolute Gasteiger partial charge is 0.295 e. The van der Waals surface area contributed by atoms with Gasteiger partial charge in [-0.1, -0.05) is 40.0 Å². The third-order valence-corrected chi connectivity index (χ3v) is 2.74. The van der Waals surface area contributed by atoms with Crippen LogP contribution in [0.15, 0.2) is 12.3 Å². The van der Waals surface area contributed by atoms with Gasteiger partial charge in [0.05, 0.1) is 5.92 Å². The number of carbonyl (C=O) groups is 1. The first-order valence-electron chi connectivity index (χ1n) is 6.78. The lowest BCUT2D eigenvalue weighted by Gasteiger charge is -2.10. The Kier molecular flexibility index (Phi) is 10.8. The number of rotatable bonds is 10. The SMILES string of the molecule is CCCCC=COOC(=O)C(CC)CCCC. The van der Waals surface area contributed by atoms with E-state index in [1.807, 2.05) is 13.0 Å². The minimum Gasteiger partial charge on any atom is -0.295 e. The molecule has 0 aliphatic carbocycles. The van der Waals surface area contributed by atoms with Crippen molar-refractivity contribution in [2.24, 2.45) is 5.92 Å². The van der Waals surface area contributed by atoms with Gasteiger partial charge in [0.25, 0.3) is 0 Å². The van der Waals surface area contributed by atoms with Crippen molar-refractivity contribution in [3.8, 4) is 0 Å². The minimum atomic E-state index is -0.249. The van der Waals surface area contributed by atoms with Gasteiger partial charge in [0.15, 0.2) is 0 Å². The molecule has 0 aliphatic rings. The van der Waals surface area contributed by atoms with E-state index in [-0.39, 0.29) is 11.9 Å². The molecule has 1 atom stereocenters. The lowest BCUT2D eigenvalue weighted by Crippen LogP contribution is -2.16. The summed E-state index contributed by atoms with van der Waals surface area (Å²) in [6.07, 6.45) is 10.4. The standard InChI is InChI=1S/C14H26O3/c1-4-7-9-10-12-16-17-14(15)13(6-3)11-8-5-2/h10,12-13H,4-9,11H2,1-3H3. The third kappa shape index (κ3) is 8.78. The van der Waals surface area contributed by atoms with E-state index in [2.05, 4.69) is 13.8 Å².